The van der Waals surface area contributed by atoms with Gasteiger partial charge in [0.15, 0.2) is 0 Å². The van der Waals surface area contributed by atoms with Crippen LogP contribution in [0.4, 0.5) is 0 Å². The van der Waals surface area contributed by atoms with Gasteiger partial charge in [0.05, 0.1) is 11.7 Å². The number of nitrogens with two attached hydrogens (primary N) is 1. The molecule has 120 valence electrons. The van der Waals surface area contributed by atoms with Crippen LogP contribution in [-0.4, -0.2) is 34.3 Å². The van der Waals surface area contributed by atoms with E-state index in [0.29, 0.717) is 12.0 Å². The van der Waals surface area contributed by atoms with Gasteiger partial charge in [0, 0.05) is 37.3 Å². The number of piperidine rings is 1. The first-order chi connectivity index (χ1) is 9.64. The number of hydrogen-bond donors (Lipinski definition) is 1. The van der Waals surface area contributed by atoms with Crippen molar-refractivity contribution in [2.24, 2.45) is 18.2 Å². The van der Waals surface area contributed by atoms with Gasteiger partial charge in [0.2, 0.25) is 0 Å². The summed E-state index contributed by atoms with van der Waals surface area (Å²) in [7, 11) is 2.01. The Morgan fingerprint density at radius 3 is 2.57 bits per heavy atom. The van der Waals surface area contributed by atoms with Crippen molar-refractivity contribution < 1.29 is 0 Å². The Balaban J connectivity index is 2.34. The van der Waals surface area contributed by atoms with Gasteiger partial charge in [0.25, 0.3) is 0 Å². The molecule has 1 aliphatic heterocycles. The Bertz CT molecular complexity index is 481. The Hall–Kier alpha value is -0.870. The molecule has 4 heteroatoms. The molecular formula is C17H32N4. The normalized spacial score (nSPS) is 21.5. The molecule has 0 radical (unpaired) electrons. The first kappa shape index (κ1) is 16.5. The van der Waals surface area contributed by atoms with E-state index in [4.69, 9.17) is 10.8 Å². The Kier molecular flexibility index (Phi) is 4.50. The van der Waals surface area contributed by atoms with Crippen molar-refractivity contribution in [3.63, 3.8) is 0 Å². The van der Waals surface area contributed by atoms with Crippen LogP contribution in [0.1, 0.15) is 64.8 Å². The summed E-state index contributed by atoms with van der Waals surface area (Å²) >= 11 is 0. The van der Waals surface area contributed by atoms with E-state index in [2.05, 4.69) is 45.7 Å². The van der Waals surface area contributed by atoms with Crippen LogP contribution in [0.3, 0.4) is 0 Å². The molecule has 1 unspecified atom stereocenters. The van der Waals surface area contributed by atoms with E-state index in [1.807, 2.05) is 11.7 Å². The molecule has 4 nitrogen and oxygen atoms in total. The molecule has 2 rings (SSSR count). The Morgan fingerprint density at radius 2 is 2.05 bits per heavy atom. The number of aromatic nitrogens is 2. The molecule has 1 aliphatic rings. The molecule has 1 saturated heterocycles. The van der Waals surface area contributed by atoms with Crippen molar-refractivity contribution >= 4 is 0 Å². The Labute approximate surface area is 129 Å². The molecule has 0 spiro atoms. The predicted molar refractivity (Wildman–Crippen MR) is 88.3 cm³/mol. The molecule has 21 heavy (non-hydrogen) atoms. The predicted octanol–water partition coefficient (Wildman–Crippen LogP) is 2.84. The number of likely N-dealkylation sites (tertiary alicyclic amines) is 1. The monoisotopic (exact) mass is 292 g/mol. The van der Waals surface area contributed by atoms with Crippen molar-refractivity contribution in [3.05, 3.63) is 17.5 Å². The lowest BCUT2D eigenvalue weighted by atomic mass is 9.82. The molecule has 1 fully saturated rings. The van der Waals surface area contributed by atoms with E-state index < -0.39 is 0 Å². The molecule has 1 atom stereocenters. The van der Waals surface area contributed by atoms with Crippen LogP contribution in [0.5, 0.6) is 0 Å². The van der Waals surface area contributed by atoms with Gasteiger partial charge in [-0.05, 0) is 24.8 Å². The molecular weight excluding hydrogens is 260 g/mol. The van der Waals surface area contributed by atoms with E-state index in [9.17, 15) is 0 Å². The molecule has 1 aromatic rings. The number of aryl methyl sites for hydroxylation is 1. The molecule has 0 aliphatic carbocycles. The van der Waals surface area contributed by atoms with Gasteiger partial charge < -0.3 is 5.73 Å². The summed E-state index contributed by atoms with van der Waals surface area (Å²) in [6, 6.07) is 0.285. The van der Waals surface area contributed by atoms with Gasteiger partial charge in [-0.1, -0.05) is 34.6 Å². The van der Waals surface area contributed by atoms with Gasteiger partial charge in [-0.15, -0.1) is 0 Å². The van der Waals surface area contributed by atoms with Gasteiger partial charge in [0.1, 0.15) is 0 Å². The van der Waals surface area contributed by atoms with Gasteiger partial charge in [-0.3, -0.25) is 9.58 Å². The zero-order valence-corrected chi connectivity index (χ0v) is 14.6. The summed E-state index contributed by atoms with van der Waals surface area (Å²) in [5.41, 5.74) is 9.10. The topological polar surface area (TPSA) is 47.1 Å². The average molecular weight is 292 g/mol. The van der Waals surface area contributed by atoms with Crippen LogP contribution >= 0.6 is 0 Å². The largest absolute Gasteiger partial charge is 0.329 e. The van der Waals surface area contributed by atoms with Gasteiger partial charge in [-0.2, -0.15) is 5.10 Å². The molecule has 2 heterocycles. The number of rotatable bonds is 3. The van der Waals surface area contributed by atoms with Gasteiger partial charge in [-0.25, -0.2) is 0 Å². The summed E-state index contributed by atoms with van der Waals surface area (Å²) in [6.45, 7) is 14.3. The lowest BCUT2D eigenvalue weighted by molar-refractivity contribution is 0.0800. The van der Waals surface area contributed by atoms with Crippen LogP contribution in [0.2, 0.25) is 0 Å². The first-order valence-corrected chi connectivity index (χ1v) is 8.12. The minimum atomic E-state index is 0.0509. The molecule has 0 saturated carbocycles. The van der Waals surface area contributed by atoms with E-state index >= 15 is 0 Å². The van der Waals surface area contributed by atoms with E-state index in [0.717, 1.165) is 13.1 Å². The third-order valence-corrected chi connectivity index (χ3v) is 4.52. The fourth-order valence-corrected chi connectivity index (χ4v) is 3.54. The molecule has 2 N–H and O–H groups in total. The van der Waals surface area contributed by atoms with E-state index in [-0.39, 0.29) is 11.5 Å². The highest BCUT2D eigenvalue weighted by molar-refractivity contribution is 5.28. The van der Waals surface area contributed by atoms with E-state index in [1.165, 1.54) is 24.1 Å². The lowest BCUT2D eigenvalue weighted by Crippen LogP contribution is -2.44. The smallest absolute Gasteiger partial charge is 0.0726 e. The zero-order valence-electron chi connectivity index (χ0n) is 14.6. The Morgan fingerprint density at radius 1 is 1.38 bits per heavy atom. The first-order valence-electron chi connectivity index (χ1n) is 8.12. The SMILES string of the molecule is Cn1cc(C(CN)N2CCCC(C)(C)C2)c(C(C)(C)C)n1. The van der Waals surface area contributed by atoms with Crippen LogP contribution in [0.25, 0.3) is 0 Å². The molecule has 0 aromatic carbocycles. The van der Waals surface area contributed by atoms with Crippen LogP contribution < -0.4 is 5.73 Å². The summed E-state index contributed by atoms with van der Waals surface area (Å²) < 4.78 is 1.94. The van der Waals surface area contributed by atoms with Crippen molar-refractivity contribution in [3.8, 4) is 0 Å². The summed E-state index contributed by atoms with van der Waals surface area (Å²) in [5.74, 6) is 0. The van der Waals surface area contributed by atoms with Crippen molar-refractivity contribution in [2.45, 2.75) is 58.9 Å². The summed E-state index contributed by atoms with van der Waals surface area (Å²) in [5, 5.41) is 4.72. The number of nitrogens with zero attached hydrogens (tertiary/aromatic N) is 3. The molecule has 0 bridgehead atoms. The lowest BCUT2D eigenvalue weighted by Gasteiger charge is -2.42. The highest BCUT2D eigenvalue weighted by Crippen LogP contribution is 2.36. The fraction of sp³-hybridized carbons (Fsp3) is 0.824. The van der Waals surface area contributed by atoms with Gasteiger partial charge >= 0.3 is 0 Å². The third kappa shape index (κ3) is 3.67. The zero-order chi connectivity index (χ0) is 15.8. The fourth-order valence-electron chi connectivity index (χ4n) is 3.54. The van der Waals surface area contributed by atoms with E-state index in [1.54, 1.807) is 0 Å². The maximum atomic E-state index is 6.17. The molecule has 1 aromatic heterocycles. The second kappa shape index (κ2) is 5.73. The highest BCUT2D eigenvalue weighted by Gasteiger charge is 2.34. The van der Waals surface area contributed by atoms with Crippen molar-refractivity contribution in [1.29, 1.82) is 0 Å². The third-order valence-electron chi connectivity index (χ3n) is 4.52. The second-order valence-electron chi connectivity index (χ2n) is 8.35. The minimum Gasteiger partial charge on any atom is -0.329 e. The van der Waals surface area contributed by atoms with Crippen molar-refractivity contribution in [1.82, 2.24) is 14.7 Å². The molecule has 0 amide bonds. The quantitative estimate of drug-likeness (QED) is 0.932. The highest BCUT2D eigenvalue weighted by atomic mass is 15.3. The number of hydrogen-bond acceptors (Lipinski definition) is 3. The van der Waals surface area contributed by atoms with Crippen LogP contribution in [0, 0.1) is 5.41 Å². The maximum Gasteiger partial charge on any atom is 0.0726 e. The summed E-state index contributed by atoms with van der Waals surface area (Å²) in [4.78, 5) is 2.57. The standard InChI is InChI=1S/C17H32N4/c1-16(2,3)15-13(11-20(6)19-15)14(10-18)21-9-7-8-17(4,5)12-21/h11,14H,7-10,12,18H2,1-6H3. The maximum absolute atomic E-state index is 6.17. The van der Waals surface area contributed by atoms with Crippen LogP contribution in [0.15, 0.2) is 6.20 Å². The summed E-state index contributed by atoms with van der Waals surface area (Å²) in [6.07, 6.45) is 4.73. The van der Waals surface area contributed by atoms with Crippen LogP contribution in [-0.2, 0) is 12.5 Å². The second-order valence-corrected chi connectivity index (χ2v) is 8.35. The minimum absolute atomic E-state index is 0.0509. The average Bonchev–Trinajstić information content (AvgIpc) is 2.71. The van der Waals surface area contributed by atoms with Crippen molar-refractivity contribution in [2.75, 3.05) is 19.6 Å².